The molecule has 0 saturated heterocycles. The maximum Gasteiger partial charge on any atom is 0.373 e. The van der Waals surface area contributed by atoms with Gasteiger partial charge in [-0.15, -0.1) is 0 Å². The van der Waals surface area contributed by atoms with E-state index in [4.69, 9.17) is 9.59 Å². The van der Waals surface area contributed by atoms with Crippen molar-refractivity contribution in [3.05, 3.63) is 24.0 Å². The summed E-state index contributed by atoms with van der Waals surface area (Å²) in [6, 6.07) is 2.52. The fraction of sp³-hybridized carbons (Fsp3) is 0.529. The predicted octanol–water partition coefficient (Wildman–Crippen LogP) is 2.28. The van der Waals surface area contributed by atoms with E-state index in [1.807, 2.05) is 12.4 Å². The zero-order valence-corrected chi connectivity index (χ0v) is 13.6. The van der Waals surface area contributed by atoms with Crippen molar-refractivity contribution in [2.75, 3.05) is 11.9 Å². The fourth-order valence-electron chi connectivity index (χ4n) is 3.38. The van der Waals surface area contributed by atoms with E-state index in [9.17, 15) is 5.11 Å². The number of hydrogen-bond donors (Lipinski definition) is 2. The average Bonchev–Trinajstić information content (AvgIpc) is 3.02. The zero-order valence-electron chi connectivity index (χ0n) is 13.6. The number of aryl methyl sites for hydroxylation is 1. The Hall–Kier alpha value is -2.17. The molecule has 0 aliphatic heterocycles. The van der Waals surface area contributed by atoms with Gasteiger partial charge in [-0.05, 0) is 43.7 Å². The Bertz CT molecular complexity index is 677. The molecule has 0 spiro atoms. The van der Waals surface area contributed by atoms with Crippen molar-refractivity contribution in [1.29, 1.82) is 0 Å². The van der Waals surface area contributed by atoms with Gasteiger partial charge in [0.1, 0.15) is 5.65 Å². The molecule has 1 saturated carbocycles. The second-order valence-electron chi connectivity index (χ2n) is 5.89. The third-order valence-corrected chi connectivity index (χ3v) is 4.53. The van der Waals surface area contributed by atoms with Gasteiger partial charge in [0.2, 0.25) is 0 Å². The largest absolute Gasteiger partial charge is 0.393 e. The van der Waals surface area contributed by atoms with Crippen molar-refractivity contribution in [2.24, 2.45) is 0 Å². The molecule has 6 nitrogen and oxygen atoms in total. The lowest BCUT2D eigenvalue weighted by Crippen LogP contribution is -2.38. The first-order valence-electron chi connectivity index (χ1n) is 7.97. The van der Waals surface area contributed by atoms with E-state index in [0.29, 0.717) is 6.04 Å². The van der Waals surface area contributed by atoms with Gasteiger partial charge < -0.3 is 15.0 Å². The highest BCUT2D eigenvalue weighted by molar-refractivity contribution is 5.91. The van der Waals surface area contributed by atoms with Crippen LogP contribution in [0, 0.1) is 0 Å². The number of rotatable bonds is 3. The number of aromatic amines is 1. The van der Waals surface area contributed by atoms with Gasteiger partial charge in [0.05, 0.1) is 11.8 Å². The van der Waals surface area contributed by atoms with E-state index in [1.54, 1.807) is 0 Å². The summed E-state index contributed by atoms with van der Waals surface area (Å²) < 4.78 is 0. The molecule has 2 aromatic heterocycles. The molecule has 0 unspecified atom stereocenters. The summed E-state index contributed by atoms with van der Waals surface area (Å²) in [5, 5.41) is 11.1. The predicted molar refractivity (Wildman–Crippen MR) is 87.1 cm³/mol. The average molecular weight is 317 g/mol. The minimum absolute atomic E-state index is 0.148. The Morgan fingerprint density at radius 2 is 2.17 bits per heavy atom. The van der Waals surface area contributed by atoms with Gasteiger partial charge in [0, 0.05) is 30.9 Å². The standard InChI is InChI=1S/C16H23N3O.CO2/c1-3-11-10-18-16-14(7-8-17-16)15(11)19(2)12-5-4-6-13(20)9-12;2-1-3/h7-8,10,12-13,20H,3-6,9H2,1-2H3,(H,17,18);/t12-,13-;/m0./s1. The van der Waals surface area contributed by atoms with E-state index in [0.717, 1.165) is 37.8 Å². The molecule has 0 radical (unpaired) electrons. The minimum Gasteiger partial charge on any atom is -0.393 e. The van der Waals surface area contributed by atoms with Crippen LogP contribution in [0.5, 0.6) is 0 Å². The summed E-state index contributed by atoms with van der Waals surface area (Å²) in [4.78, 5) is 26.3. The van der Waals surface area contributed by atoms with Crippen LogP contribution in [0.15, 0.2) is 18.5 Å². The fourth-order valence-corrected chi connectivity index (χ4v) is 3.38. The second-order valence-corrected chi connectivity index (χ2v) is 5.89. The van der Waals surface area contributed by atoms with Crippen molar-refractivity contribution in [2.45, 2.75) is 51.2 Å². The summed E-state index contributed by atoms with van der Waals surface area (Å²) in [5.41, 5.74) is 3.50. The second kappa shape index (κ2) is 7.90. The molecule has 3 rings (SSSR count). The monoisotopic (exact) mass is 317 g/mol. The zero-order chi connectivity index (χ0) is 16.8. The first kappa shape index (κ1) is 17.2. The number of nitrogens with zero attached hydrogens (tertiary/aromatic N) is 2. The Kier molecular flexibility index (Phi) is 5.90. The molecule has 1 aliphatic carbocycles. The van der Waals surface area contributed by atoms with Gasteiger partial charge in [-0.1, -0.05) is 6.92 Å². The molecule has 6 heteroatoms. The lowest BCUT2D eigenvalue weighted by Gasteiger charge is -2.36. The minimum atomic E-state index is -0.148. The van der Waals surface area contributed by atoms with Gasteiger partial charge in [-0.2, -0.15) is 9.59 Å². The number of carbonyl (C=O) groups excluding carboxylic acids is 2. The number of anilines is 1. The summed E-state index contributed by atoms with van der Waals surface area (Å²) in [7, 11) is 2.16. The van der Waals surface area contributed by atoms with Crippen LogP contribution >= 0.6 is 0 Å². The van der Waals surface area contributed by atoms with E-state index >= 15 is 0 Å². The first-order chi connectivity index (χ1) is 11.1. The van der Waals surface area contributed by atoms with Gasteiger partial charge >= 0.3 is 6.15 Å². The molecular formula is C17H23N3O3. The van der Waals surface area contributed by atoms with E-state index in [2.05, 4.69) is 34.9 Å². The summed E-state index contributed by atoms with van der Waals surface area (Å²) >= 11 is 0. The van der Waals surface area contributed by atoms with Crippen molar-refractivity contribution in [3.63, 3.8) is 0 Å². The van der Waals surface area contributed by atoms with Gasteiger partial charge in [-0.3, -0.25) is 0 Å². The SMILES string of the molecule is CCc1cnc2[nH]ccc2c1N(C)[C@H]1CCC[C@H](O)C1.O=C=O. The number of aromatic nitrogens is 2. The Labute approximate surface area is 135 Å². The maximum atomic E-state index is 9.93. The smallest absolute Gasteiger partial charge is 0.373 e. The molecule has 124 valence electrons. The highest BCUT2D eigenvalue weighted by atomic mass is 16.3. The molecular weight excluding hydrogens is 294 g/mol. The molecule has 2 aromatic rings. The number of nitrogens with one attached hydrogen (secondary N) is 1. The van der Waals surface area contributed by atoms with Crippen LogP contribution in [-0.4, -0.2) is 40.4 Å². The van der Waals surface area contributed by atoms with Gasteiger partial charge in [0.25, 0.3) is 0 Å². The van der Waals surface area contributed by atoms with Gasteiger partial charge in [0.15, 0.2) is 0 Å². The molecule has 0 aromatic carbocycles. The van der Waals surface area contributed by atoms with Crippen LogP contribution in [0.2, 0.25) is 0 Å². The number of H-pyrrole nitrogens is 1. The van der Waals surface area contributed by atoms with Crippen molar-refractivity contribution >= 4 is 22.9 Å². The molecule has 1 aliphatic rings. The Morgan fingerprint density at radius 1 is 1.43 bits per heavy atom. The van der Waals surface area contributed by atoms with E-state index in [-0.39, 0.29) is 12.3 Å². The number of aliphatic hydroxyl groups excluding tert-OH is 1. The van der Waals surface area contributed by atoms with Crippen LogP contribution in [0.1, 0.15) is 38.2 Å². The van der Waals surface area contributed by atoms with Crippen LogP contribution in [0.4, 0.5) is 5.69 Å². The topological polar surface area (TPSA) is 86.3 Å². The Balaban J connectivity index is 0.000000595. The number of hydrogen-bond acceptors (Lipinski definition) is 5. The van der Waals surface area contributed by atoms with Gasteiger partial charge in [-0.25, -0.2) is 4.98 Å². The highest BCUT2D eigenvalue weighted by Gasteiger charge is 2.26. The summed E-state index contributed by atoms with van der Waals surface area (Å²) in [6.07, 6.45) is 9.08. The van der Waals surface area contributed by atoms with Crippen LogP contribution in [-0.2, 0) is 16.0 Å². The van der Waals surface area contributed by atoms with Crippen molar-refractivity contribution < 1.29 is 14.7 Å². The number of aliphatic hydroxyl groups is 1. The van der Waals surface area contributed by atoms with Crippen LogP contribution < -0.4 is 4.90 Å². The van der Waals surface area contributed by atoms with Crippen molar-refractivity contribution in [3.8, 4) is 0 Å². The van der Waals surface area contributed by atoms with E-state index < -0.39 is 0 Å². The van der Waals surface area contributed by atoms with Crippen molar-refractivity contribution in [1.82, 2.24) is 9.97 Å². The first-order valence-corrected chi connectivity index (χ1v) is 7.97. The molecule has 1 fully saturated rings. The summed E-state index contributed by atoms with van der Waals surface area (Å²) in [6.45, 7) is 2.17. The lowest BCUT2D eigenvalue weighted by atomic mass is 9.91. The van der Waals surface area contributed by atoms with E-state index in [1.165, 1.54) is 16.6 Å². The molecule has 0 amide bonds. The van der Waals surface area contributed by atoms with Crippen LogP contribution in [0.25, 0.3) is 11.0 Å². The molecule has 2 N–H and O–H groups in total. The molecule has 0 bridgehead atoms. The Morgan fingerprint density at radius 3 is 2.83 bits per heavy atom. The number of fused-ring (bicyclic) bond motifs is 1. The number of pyridine rings is 1. The molecule has 2 atom stereocenters. The molecule has 23 heavy (non-hydrogen) atoms. The van der Waals surface area contributed by atoms with Crippen LogP contribution in [0.3, 0.4) is 0 Å². The quantitative estimate of drug-likeness (QED) is 0.907. The third kappa shape index (κ3) is 3.78. The maximum absolute atomic E-state index is 9.93. The highest BCUT2D eigenvalue weighted by Crippen LogP contribution is 2.33. The normalized spacial score (nSPS) is 20.5. The molecule has 2 heterocycles. The summed E-state index contributed by atoms with van der Waals surface area (Å²) in [5.74, 6) is 0. The lowest BCUT2D eigenvalue weighted by molar-refractivity contribution is -0.191. The third-order valence-electron chi connectivity index (χ3n) is 4.53.